The normalized spacial score (nSPS) is 21.7. The largest absolute Gasteiger partial charge is 0.329 e. The minimum Gasteiger partial charge on any atom is -0.329 e. The Bertz CT molecular complexity index is 617. The van der Waals surface area contributed by atoms with E-state index in [1.54, 1.807) is 11.0 Å². The molecule has 1 atom stereocenters. The number of carbonyl (C=O) groups excluding carboxylic acids is 3. The third-order valence-electron chi connectivity index (χ3n) is 4.00. The van der Waals surface area contributed by atoms with Crippen molar-refractivity contribution in [1.29, 1.82) is 0 Å². The molecule has 0 radical (unpaired) electrons. The van der Waals surface area contributed by atoms with Crippen LogP contribution in [0.2, 0.25) is 0 Å². The van der Waals surface area contributed by atoms with Crippen LogP contribution in [0.25, 0.3) is 0 Å². The lowest BCUT2D eigenvalue weighted by atomic mass is 10.1. The van der Waals surface area contributed by atoms with Gasteiger partial charge in [0.1, 0.15) is 18.4 Å². The Labute approximate surface area is 121 Å². The van der Waals surface area contributed by atoms with Crippen molar-refractivity contribution in [3.8, 4) is 0 Å². The molecule has 0 aliphatic carbocycles. The number of Topliss-reactive ketones (excluding diaryl/α,β-unsaturated/α-hetero) is 1. The number of benzene rings is 1. The molecule has 0 bridgehead atoms. The molecule has 0 saturated carbocycles. The average molecular weight is 290 g/mol. The summed E-state index contributed by atoms with van der Waals surface area (Å²) in [6.45, 7) is 0.246. The van der Waals surface area contributed by atoms with Crippen LogP contribution in [-0.4, -0.2) is 53.1 Å². The summed E-state index contributed by atoms with van der Waals surface area (Å²) >= 11 is 0. The Morgan fingerprint density at radius 3 is 2.81 bits per heavy atom. The van der Waals surface area contributed by atoms with Crippen molar-refractivity contribution in [2.24, 2.45) is 0 Å². The highest BCUT2D eigenvalue weighted by atomic mass is 19.1. The molecule has 0 N–H and O–H groups in total. The van der Waals surface area contributed by atoms with E-state index in [0.29, 0.717) is 13.0 Å². The number of ketones is 1. The van der Waals surface area contributed by atoms with Gasteiger partial charge in [0.05, 0.1) is 12.1 Å². The lowest BCUT2D eigenvalue weighted by Crippen LogP contribution is -2.58. The molecule has 5 nitrogen and oxygen atoms in total. The monoisotopic (exact) mass is 290 g/mol. The maximum atomic E-state index is 13.6. The molecular formula is C15H15FN2O3. The summed E-state index contributed by atoms with van der Waals surface area (Å²) in [5, 5.41) is 0. The van der Waals surface area contributed by atoms with Crippen molar-refractivity contribution in [3.05, 3.63) is 35.6 Å². The molecule has 2 saturated heterocycles. The molecule has 0 aromatic heterocycles. The number of hydrogen-bond donors (Lipinski definition) is 0. The summed E-state index contributed by atoms with van der Waals surface area (Å²) in [6, 6.07) is 5.21. The van der Waals surface area contributed by atoms with Crippen LogP contribution in [0.5, 0.6) is 0 Å². The first-order valence-electron chi connectivity index (χ1n) is 6.94. The maximum Gasteiger partial charge on any atom is 0.246 e. The Morgan fingerprint density at radius 2 is 2.05 bits per heavy atom. The van der Waals surface area contributed by atoms with Crippen molar-refractivity contribution in [1.82, 2.24) is 9.80 Å². The second-order valence-corrected chi connectivity index (χ2v) is 5.34. The van der Waals surface area contributed by atoms with Gasteiger partial charge in [-0.05, 0) is 25.0 Å². The molecule has 6 heteroatoms. The second kappa shape index (κ2) is 5.27. The van der Waals surface area contributed by atoms with E-state index in [1.807, 2.05) is 0 Å². The summed E-state index contributed by atoms with van der Waals surface area (Å²) in [5.41, 5.74) is -0.0494. The summed E-state index contributed by atoms with van der Waals surface area (Å²) in [6.07, 6.45) is 1.44. The third kappa shape index (κ3) is 2.41. The maximum absolute atomic E-state index is 13.6. The van der Waals surface area contributed by atoms with Gasteiger partial charge in [-0.25, -0.2) is 4.39 Å². The van der Waals surface area contributed by atoms with E-state index in [1.165, 1.54) is 23.1 Å². The third-order valence-corrected chi connectivity index (χ3v) is 4.00. The predicted octanol–water partition coefficient (Wildman–Crippen LogP) is 0.842. The fourth-order valence-electron chi connectivity index (χ4n) is 2.94. The minimum absolute atomic E-state index is 0.0494. The van der Waals surface area contributed by atoms with Crippen molar-refractivity contribution >= 4 is 17.6 Å². The minimum atomic E-state index is -0.610. The molecule has 0 spiro atoms. The van der Waals surface area contributed by atoms with Crippen LogP contribution >= 0.6 is 0 Å². The van der Waals surface area contributed by atoms with Gasteiger partial charge in [-0.1, -0.05) is 12.1 Å². The van der Waals surface area contributed by atoms with Gasteiger partial charge in [0.2, 0.25) is 11.8 Å². The lowest BCUT2D eigenvalue weighted by Gasteiger charge is -2.36. The Hall–Kier alpha value is -2.24. The number of hydrogen-bond acceptors (Lipinski definition) is 3. The van der Waals surface area contributed by atoms with E-state index in [2.05, 4.69) is 0 Å². The van der Waals surface area contributed by atoms with Crippen LogP contribution in [-0.2, 0) is 9.59 Å². The van der Waals surface area contributed by atoms with Gasteiger partial charge in [0.25, 0.3) is 0 Å². The van der Waals surface area contributed by atoms with E-state index in [9.17, 15) is 18.8 Å². The van der Waals surface area contributed by atoms with E-state index in [4.69, 9.17) is 0 Å². The zero-order valence-electron chi connectivity index (χ0n) is 11.4. The second-order valence-electron chi connectivity index (χ2n) is 5.34. The summed E-state index contributed by atoms with van der Waals surface area (Å²) in [4.78, 5) is 39.2. The fourth-order valence-corrected chi connectivity index (χ4v) is 2.94. The molecule has 1 aromatic carbocycles. The van der Waals surface area contributed by atoms with Crippen LogP contribution in [0.3, 0.4) is 0 Å². The molecule has 2 aliphatic rings. The lowest BCUT2D eigenvalue weighted by molar-refractivity contribution is -0.152. The smallest absolute Gasteiger partial charge is 0.246 e. The van der Waals surface area contributed by atoms with E-state index < -0.39 is 17.6 Å². The van der Waals surface area contributed by atoms with Gasteiger partial charge in [-0.3, -0.25) is 14.4 Å². The number of amides is 2. The summed E-state index contributed by atoms with van der Waals surface area (Å²) in [7, 11) is 0. The Kier molecular flexibility index (Phi) is 3.45. The Balaban J connectivity index is 1.76. The number of piperazine rings is 1. The van der Waals surface area contributed by atoms with E-state index in [0.717, 1.165) is 6.42 Å². The summed E-state index contributed by atoms with van der Waals surface area (Å²) in [5.74, 6) is -1.45. The highest BCUT2D eigenvalue weighted by Gasteiger charge is 2.42. The number of nitrogens with zero attached hydrogens (tertiary/aromatic N) is 2. The number of rotatable bonds is 3. The number of carbonyl (C=O) groups is 3. The van der Waals surface area contributed by atoms with Crippen molar-refractivity contribution < 1.29 is 18.8 Å². The fraction of sp³-hybridized carbons (Fsp3) is 0.400. The first-order chi connectivity index (χ1) is 10.1. The van der Waals surface area contributed by atoms with Gasteiger partial charge in [-0.2, -0.15) is 0 Å². The predicted molar refractivity (Wildman–Crippen MR) is 72.0 cm³/mol. The molecule has 110 valence electrons. The van der Waals surface area contributed by atoms with Gasteiger partial charge >= 0.3 is 0 Å². The van der Waals surface area contributed by atoms with Crippen LogP contribution < -0.4 is 0 Å². The van der Waals surface area contributed by atoms with Gasteiger partial charge in [0.15, 0.2) is 5.78 Å². The van der Waals surface area contributed by atoms with Crippen molar-refractivity contribution in [2.45, 2.75) is 18.9 Å². The Morgan fingerprint density at radius 1 is 1.29 bits per heavy atom. The van der Waals surface area contributed by atoms with Crippen molar-refractivity contribution in [3.63, 3.8) is 0 Å². The van der Waals surface area contributed by atoms with Crippen LogP contribution in [0.15, 0.2) is 24.3 Å². The zero-order chi connectivity index (χ0) is 15.0. The van der Waals surface area contributed by atoms with Gasteiger partial charge < -0.3 is 9.80 Å². The number of fused-ring (bicyclic) bond motifs is 1. The van der Waals surface area contributed by atoms with Gasteiger partial charge in [0, 0.05) is 6.54 Å². The highest BCUT2D eigenvalue weighted by Crippen LogP contribution is 2.23. The summed E-state index contributed by atoms with van der Waals surface area (Å²) < 4.78 is 13.6. The quantitative estimate of drug-likeness (QED) is 0.775. The highest BCUT2D eigenvalue weighted by molar-refractivity contribution is 6.02. The molecule has 21 heavy (non-hydrogen) atoms. The molecule has 1 aromatic rings. The van der Waals surface area contributed by atoms with E-state index >= 15 is 0 Å². The topological polar surface area (TPSA) is 57.7 Å². The first kappa shape index (κ1) is 13.7. The van der Waals surface area contributed by atoms with Crippen LogP contribution in [0.4, 0.5) is 4.39 Å². The molecule has 2 heterocycles. The molecule has 2 fully saturated rings. The SMILES string of the molecule is O=C(CN1CC(=O)N2CCCC2C1=O)c1ccccc1F. The van der Waals surface area contributed by atoms with Crippen molar-refractivity contribution in [2.75, 3.05) is 19.6 Å². The molecule has 1 unspecified atom stereocenters. The first-order valence-corrected chi connectivity index (χ1v) is 6.94. The zero-order valence-corrected chi connectivity index (χ0v) is 11.4. The molecule has 2 amide bonds. The van der Waals surface area contributed by atoms with Crippen LogP contribution in [0.1, 0.15) is 23.2 Å². The standard InChI is InChI=1S/C15H15FN2O3/c16-11-5-2-1-4-10(11)13(19)8-17-9-14(20)18-7-3-6-12(18)15(17)21/h1-2,4-5,12H,3,6-9H2. The van der Waals surface area contributed by atoms with E-state index in [-0.39, 0.29) is 30.5 Å². The molecule has 3 rings (SSSR count). The number of halogens is 1. The molecule has 2 aliphatic heterocycles. The van der Waals surface area contributed by atoms with Gasteiger partial charge in [-0.15, -0.1) is 0 Å². The average Bonchev–Trinajstić information content (AvgIpc) is 2.95. The van der Waals surface area contributed by atoms with Crippen LogP contribution in [0, 0.1) is 5.82 Å². The molecular weight excluding hydrogens is 275 g/mol.